The van der Waals surface area contributed by atoms with Crippen molar-refractivity contribution < 1.29 is 8.42 Å². The zero-order valence-corrected chi connectivity index (χ0v) is 13.6. The lowest BCUT2D eigenvalue weighted by Crippen LogP contribution is -2.29. The number of benzene rings is 1. The summed E-state index contributed by atoms with van der Waals surface area (Å²) in [6, 6.07) is 5.49. The molecule has 20 heavy (non-hydrogen) atoms. The highest BCUT2D eigenvalue weighted by molar-refractivity contribution is 7.90. The first-order chi connectivity index (χ1) is 9.41. The molecule has 1 aromatic rings. The van der Waals surface area contributed by atoms with Crippen LogP contribution in [0.15, 0.2) is 23.1 Å². The summed E-state index contributed by atoms with van der Waals surface area (Å²) in [6.07, 6.45) is 6.12. The smallest absolute Gasteiger partial charge is 0.175 e. The number of hydrogen-bond acceptors (Lipinski definition) is 3. The Balaban J connectivity index is 2.11. The number of halogens is 1. The Labute approximate surface area is 126 Å². The summed E-state index contributed by atoms with van der Waals surface area (Å²) in [4.78, 5) is 0.332. The van der Waals surface area contributed by atoms with Crippen LogP contribution in [0.4, 0.5) is 0 Å². The summed E-state index contributed by atoms with van der Waals surface area (Å²) in [5, 5.41) is 3.98. The maximum Gasteiger partial charge on any atom is 0.175 e. The summed E-state index contributed by atoms with van der Waals surface area (Å²) in [5.74, 6) is 0.855. The second-order valence-electron chi connectivity index (χ2n) is 5.65. The molecule has 5 heteroatoms. The van der Waals surface area contributed by atoms with Gasteiger partial charge in [-0.25, -0.2) is 8.42 Å². The topological polar surface area (TPSA) is 46.2 Å². The monoisotopic (exact) mass is 315 g/mol. The van der Waals surface area contributed by atoms with E-state index in [2.05, 4.69) is 12.2 Å². The van der Waals surface area contributed by atoms with Gasteiger partial charge in [0.1, 0.15) is 0 Å². The first-order valence-corrected chi connectivity index (χ1v) is 9.39. The predicted molar refractivity (Wildman–Crippen MR) is 82.8 cm³/mol. The van der Waals surface area contributed by atoms with Crippen LogP contribution in [0.3, 0.4) is 0 Å². The van der Waals surface area contributed by atoms with Crippen molar-refractivity contribution in [1.82, 2.24) is 5.32 Å². The third-order valence-corrected chi connectivity index (χ3v) is 5.39. The number of nitrogens with one attached hydrogen (secondary N) is 1. The summed E-state index contributed by atoms with van der Waals surface area (Å²) >= 11 is 6.18. The van der Waals surface area contributed by atoms with Crippen molar-refractivity contribution in [3.63, 3.8) is 0 Å². The van der Waals surface area contributed by atoms with Gasteiger partial charge in [0.2, 0.25) is 0 Å². The highest BCUT2D eigenvalue weighted by Crippen LogP contribution is 2.34. The van der Waals surface area contributed by atoms with E-state index in [0.29, 0.717) is 28.1 Å². The quantitative estimate of drug-likeness (QED) is 0.838. The lowest BCUT2D eigenvalue weighted by atomic mass is 10.1. The van der Waals surface area contributed by atoms with Crippen molar-refractivity contribution >= 4 is 21.4 Å². The molecule has 1 aliphatic carbocycles. The average Bonchev–Trinajstić information content (AvgIpc) is 3.18. The SMILES string of the molecule is CCC(CC1CC1)NCc1c(Cl)cccc1S(C)(=O)=O. The molecule has 2 rings (SSSR count). The number of hydrogen-bond donors (Lipinski definition) is 1. The van der Waals surface area contributed by atoms with Gasteiger partial charge in [-0.05, 0) is 30.9 Å². The van der Waals surface area contributed by atoms with Gasteiger partial charge in [0, 0.05) is 29.4 Å². The zero-order chi connectivity index (χ0) is 14.8. The van der Waals surface area contributed by atoms with Crippen LogP contribution in [0.1, 0.15) is 38.2 Å². The van der Waals surface area contributed by atoms with Crippen molar-refractivity contribution in [2.75, 3.05) is 6.26 Å². The van der Waals surface area contributed by atoms with Crippen LogP contribution in [0, 0.1) is 5.92 Å². The van der Waals surface area contributed by atoms with E-state index in [1.54, 1.807) is 18.2 Å². The molecule has 1 saturated carbocycles. The van der Waals surface area contributed by atoms with Crippen LogP contribution < -0.4 is 5.32 Å². The molecule has 1 unspecified atom stereocenters. The van der Waals surface area contributed by atoms with Gasteiger partial charge in [-0.1, -0.05) is 37.4 Å². The third kappa shape index (κ3) is 4.21. The second kappa shape index (κ2) is 6.46. The van der Waals surface area contributed by atoms with Gasteiger partial charge in [0.15, 0.2) is 9.84 Å². The first kappa shape index (κ1) is 15.8. The van der Waals surface area contributed by atoms with Crippen LogP contribution in [0.5, 0.6) is 0 Å². The van der Waals surface area contributed by atoms with Gasteiger partial charge in [-0.15, -0.1) is 0 Å². The van der Waals surface area contributed by atoms with Crippen LogP contribution >= 0.6 is 11.6 Å². The molecule has 3 nitrogen and oxygen atoms in total. The van der Waals surface area contributed by atoms with Crippen molar-refractivity contribution in [2.24, 2.45) is 5.92 Å². The van der Waals surface area contributed by atoms with E-state index in [0.717, 1.165) is 12.3 Å². The van der Waals surface area contributed by atoms with Gasteiger partial charge in [0.25, 0.3) is 0 Å². The van der Waals surface area contributed by atoms with Crippen molar-refractivity contribution in [3.8, 4) is 0 Å². The van der Waals surface area contributed by atoms with Gasteiger partial charge in [0.05, 0.1) is 4.90 Å². The summed E-state index contributed by atoms with van der Waals surface area (Å²) < 4.78 is 23.6. The molecule has 0 spiro atoms. The van der Waals surface area contributed by atoms with Crippen LogP contribution in [0.25, 0.3) is 0 Å². The van der Waals surface area contributed by atoms with Crippen LogP contribution in [0.2, 0.25) is 5.02 Å². The molecule has 0 saturated heterocycles. The summed E-state index contributed by atoms with van der Waals surface area (Å²) in [7, 11) is -3.25. The van der Waals surface area contributed by atoms with Gasteiger partial charge >= 0.3 is 0 Å². The Hall–Kier alpha value is -0.580. The Kier molecular flexibility index (Phi) is 5.10. The van der Waals surface area contributed by atoms with E-state index in [1.165, 1.54) is 25.5 Å². The van der Waals surface area contributed by atoms with E-state index in [-0.39, 0.29) is 0 Å². The molecule has 0 aromatic heterocycles. The first-order valence-electron chi connectivity index (χ1n) is 7.12. The Morgan fingerprint density at radius 3 is 2.65 bits per heavy atom. The van der Waals surface area contributed by atoms with Gasteiger partial charge in [-0.2, -0.15) is 0 Å². The Morgan fingerprint density at radius 1 is 1.40 bits per heavy atom. The largest absolute Gasteiger partial charge is 0.310 e. The second-order valence-corrected chi connectivity index (χ2v) is 8.05. The maximum absolute atomic E-state index is 11.8. The number of sulfone groups is 1. The lowest BCUT2D eigenvalue weighted by Gasteiger charge is -2.18. The minimum absolute atomic E-state index is 0.332. The summed E-state index contributed by atoms with van der Waals surface area (Å²) in [5.41, 5.74) is 0.686. The number of rotatable bonds is 7. The Morgan fingerprint density at radius 2 is 2.10 bits per heavy atom. The van der Waals surface area contributed by atoms with Gasteiger partial charge in [-0.3, -0.25) is 0 Å². The molecule has 112 valence electrons. The van der Waals surface area contributed by atoms with E-state index in [9.17, 15) is 8.42 Å². The fourth-order valence-electron chi connectivity index (χ4n) is 2.45. The fraction of sp³-hybridized carbons (Fsp3) is 0.600. The zero-order valence-electron chi connectivity index (χ0n) is 12.0. The van der Waals surface area contributed by atoms with E-state index in [4.69, 9.17) is 11.6 Å². The normalized spacial score (nSPS) is 17.1. The molecule has 0 radical (unpaired) electrons. The molecule has 1 fully saturated rings. The molecular formula is C15H22ClNO2S. The molecule has 1 aromatic carbocycles. The predicted octanol–water partition coefficient (Wildman–Crippen LogP) is 3.41. The fourth-order valence-corrected chi connectivity index (χ4v) is 3.71. The summed E-state index contributed by atoms with van der Waals surface area (Å²) in [6.45, 7) is 2.66. The molecule has 0 aliphatic heterocycles. The van der Waals surface area contributed by atoms with E-state index < -0.39 is 9.84 Å². The van der Waals surface area contributed by atoms with Crippen molar-refractivity contribution in [3.05, 3.63) is 28.8 Å². The standard InChI is InChI=1S/C15H22ClNO2S/c1-3-12(9-11-7-8-11)17-10-13-14(16)5-4-6-15(13)20(2,18)19/h4-6,11-12,17H,3,7-10H2,1-2H3. The molecule has 0 amide bonds. The molecule has 0 bridgehead atoms. The highest BCUT2D eigenvalue weighted by Gasteiger charge is 2.25. The van der Waals surface area contributed by atoms with E-state index in [1.807, 2.05) is 0 Å². The third-order valence-electron chi connectivity index (χ3n) is 3.85. The minimum atomic E-state index is -3.25. The van der Waals surface area contributed by atoms with Crippen LogP contribution in [-0.2, 0) is 16.4 Å². The molecule has 1 N–H and O–H groups in total. The highest BCUT2D eigenvalue weighted by atomic mass is 35.5. The van der Waals surface area contributed by atoms with E-state index >= 15 is 0 Å². The van der Waals surface area contributed by atoms with Gasteiger partial charge < -0.3 is 5.32 Å². The molecule has 0 heterocycles. The maximum atomic E-state index is 11.8. The molecule has 1 aliphatic rings. The minimum Gasteiger partial charge on any atom is -0.310 e. The van der Waals surface area contributed by atoms with Crippen molar-refractivity contribution in [2.45, 2.75) is 50.1 Å². The lowest BCUT2D eigenvalue weighted by molar-refractivity contribution is 0.443. The van der Waals surface area contributed by atoms with Crippen molar-refractivity contribution in [1.29, 1.82) is 0 Å². The Bertz CT molecular complexity index is 567. The molecular weight excluding hydrogens is 294 g/mol. The molecule has 1 atom stereocenters. The van der Waals surface area contributed by atoms with Crippen LogP contribution in [-0.4, -0.2) is 20.7 Å². The average molecular weight is 316 g/mol.